The second-order valence-electron chi connectivity index (χ2n) is 5.08. The summed E-state index contributed by atoms with van der Waals surface area (Å²) in [6.45, 7) is 2.09. The average molecular weight is 315 g/mol. The molecule has 0 bridgehead atoms. The average Bonchev–Trinajstić information content (AvgIpc) is 2.69. The third kappa shape index (κ3) is 3.32. The molecule has 0 amide bonds. The number of hydrogen-bond donors (Lipinski definition) is 0. The van der Waals surface area contributed by atoms with Gasteiger partial charge in [-0.05, 0) is 39.0 Å². The number of ether oxygens (including phenoxy) is 1. The summed E-state index contributed by atoms with van der Waals surface area (Å²) in [7, 11) is 0. The Hall–Kier alpha value is -2.25. The van der Waals surface area contributed by atoms with Gasteiger partial charge >= 0.3 is 12.3 Å². The highest BCUT2D eigenvalue weighted by molar-refractivity contribution is 5.34. The summed E-state index contributed by atoms with van der Waals surface area (Å²) in [6.07, 6.45) is 0. The maximum atomic E-state index is 13.4. The predicted molar refractivity (Wildman–Crippen MR) is 73.7 cm³/mol. The highest BCUT2D eigenvalue weighted by Gasteiger charge is 2.16. The standard InChI is InChI=1S/C14H16F3N3O2/c1-8(2)20-14(21)19(9(3)18-20)7-10-6-11(15)4-5-12(10)22-13(16)17/h4-6,8,13H,7H2,1-3H3. The van der Waals surface area contributed by atoms with Crippen LogP contribution >= 0.6 is 0 Å². The highest BCUT2D eigenvalue weighted by atomic mass is 19.3. The second-order valence-corrected chi connectivity index (χ2v) is 5.08. The van der Waals surface area contributed by atoms with Gasteiger partial charge in [-0.3, -0.25) is 4.57 Å². The molecule has 0 radical (unpaired) electrons. The van der Waals surface area contributed by atoms with Crippen molar-refractivity contribution in [3.63, 3.8) is 0 Å². The van der Waals surface area contributed by atoms with Gasteiger partial charge in [-0.25, -0.2) is 13.9 Å². The van der Waals surface area contributed by atoms with Gasteiger partial charge in [0.1, 0.15) is 17.4 Å². The summed E-state index contributed by atoms with van der Waals surface area (Å²) in [5.74, 6) is -0.357. The molecule has 1 aromatic carbocycles. The molecular formula is C14H16F3N3O2. The zero-order valence-electron chi connectivity index (χ0n) is 12.4. The van der Waals surface area contributed by atoms with Crippen LogP contribution in [0, 0.1) is 12.7 Å². The Morgan fingerprint density at radius 2 is 2.00 bits per heavy atom. The molecular weight excluding hydrogens is 299 g/mol. The first-order valence-corrected chi connectivity index (χ1v) is 6.68. The highest BCUT2D eigenvalue weighted by Crippen LogP contribution is 2.22. The smallest absolute Gasteiger partial charge is 0.387 e. The molecule has 0 aliphatic rings. The number of aryl methyl sites for hydroxylation is 1. The van der Waals surface area contributed by atoms with Crippen LogP contribution in [0.15, 0.2) is 23.0 Å². The van der Waals surface area contributed by atoms with Crippen LogP contribution in [-0.2, 0) is 6.54 Å². The Labute approximate surface area is 124 Å². The van der Waals surface area contributed by atoms with Crippen LogP contribution in [0.2, 0.25) is 0 Å². The van der Waals surface area contributed by atoms with Gasteiger partial charge in [-0.1, -0.05) is 0 Å². The van der Waals surface area contributed by atoms with E-state index in [1.165, 1.54) is 9.25 Å². The third-order valence-corrected chi connectivity index (χ3v) is 3.13. The molecule has 120 valence electrons. The molecule has 0 unspecified atom stereocenters. The minimum absolute atomic E-state index is 0.100. The lowest BCUT2D eigenvalue weighted by atomic mass is 10.2. The van der Waals surface area contributed by atoms with Crippen LogP contribution in [0.4, 0.5) is 13.2 Å². The van der Waals surface area contributed by atoms with Crippen LogP contribution in [0.25, 0.3) is 0 Å². The van der Waals surface area contributed by atoms with Gasteiger partial charge in [0.15, 0.2) is 0 Å². The van der Waals surface area contributed by atoms with Crippen LogP contribution in [0.5, 0.6) is 5.75 Å². The van der Waals surface area contributed by atoms with E-state index >= 15 is 0 Å². The van der Waals surface area contributed by atoms with Crippen LogP contribution in [-0.4, -0.2) is 21.0 Å². The van der Waals surface area contributed by atoms with Crippen LogP contribution in [0.3, 0.4) is 0 Å². The molecule has 0 aliphatic heterocycles. The number of hydrogen-bond acceptors (Lipinski definition) is 3. The summed E-state index contributed by atoms with van der Waals surface area (Å²) in [6, 6.07) is 3.06. The summed E-state index contributed by atoms with van der Waals surface area (Å²) < 4.78 is 45.1. The van der Waals surface area contributed by atoms with Gasteiger partial charge in [0.05, 0.1) is 12.6 Å². The molecule has 0 N–H and O–H groups in total. The van der Waals surface area contributed by atoms with Gasteiger partial charge < -0.3 is 4.74 Å². The van der Waals surface area contributed by atoms with Gasteiger partial charge in [0.25, 0.3) is 0 Å². The maximum Gasteiger partial charge on any atom is 0.387 e. The largest absolute Gasteiger partial charge is 0.434 e. The van der Waals surface area contributed by atoms with E-state index in [0.29, 0.717) is 5.82 Å². The number of halogens is 3. The molecule has 5 nitrogen and oxygen atoms in total. The lowest BCUT2D eigenvalue weighted by molar-refractivity contribution is -0.0505. The van der Waals surface area contributed by atoms with Gasteiger partial charge in [-0.15, -0.1) is 0 Å². The molecule has 0 saturated carbocycles. The number of nitrogens with zero attached hydrogens (tertiary/aromatic N) is 3. The predicted octanol–water partition coefficient (Wildman–Crippen LogP) is 2.72. The number of aromatic nitrogens is 3. The summed E-state index contributed by atoms with van der Waals surface area (Å²) in [5, 5.41) is 4.10. The van der Waals surface area contributed by atoms with Gasteiger partial charge in [-0.2, -0.15) is 13.9 Å². The van der Waals surface area contributed by atoms with Crippen molar-refractivity contribution in [1.29, 1.82) is 0 Å². The van der Waals surface area contributed by atoms with E-state index in [4.69, 9.17) is 0 Å². The van der Waals surface area contributed by atoms with Crippen molar-refractivity contribution in [2.45, 2.75) is 40.0 Å². The Kier molecular flexibility index (Phi) is 4.58. The Balaban J connectivity index is 2.43. The minimum Gasteiger partial charge on any atom is -0.434 e. The van der Waals surface area contributed by atoms with Gasteiger partial charge in [0, 0.05) is 5.56 Å². The van der Waals surface area contributed by atoms with Crippen molar-refractivity contribution in [1.82, 2.24) is 14.3 Å². The molecule has 2 rings (SSSR count). The quantitative estimate of drug-likeness (QED) is 0.852. The number of alkyl halides is 2. The number of benzene rings is 1. The summed E-state index contributed by atoms with van der Waals surface area (Å²) >= 11 is 0. The van der Waals surface area contributed by atoms with Crippen LogP contribution in [0.1, 0.15) is 31.3 Å². The molecule has 8 heteroatoms. The van der Waals surface area contributed by atoms with Crippen molar-refractivity contribution in [3.8, 4) is 5.75 Å². The molecule has 0 atom stereocenters. The van der Waals surface area contributed by atoms with E-state index in [9.17, 15) is 18.0 Å². The van der Waals surface area contributed by atoms with Gasteiger partial charge in [0.2, 0.25) is 0 Å². The lowest BCUT2D eigenvalue weighted by Gasteiger charge is -2.11. The Bertz CT molecular complexity index is 723. The van der Waals surface area contributed by atoms with E-state index in [1.54, 1.807) is 20.8 Å². The molecule has 0 fully saturated rings. The van der Waals surface area contributed by atoms with Crippen molar-refractivity contribution in [2.75, 3.05) is 0 Å². The second kappa shape index (κ2) is 6.25. The zero-order valence-corrected chi connectivity index (χ0v) is 12.4. The van der Waals surface area contributed by atoms with E-state index in [-0.39, 0.29) is 29.6 Å². The summed E-state index contributed by atoms with van der Waals surface area (Å²) in [4.78, 5) is 12.2. The first-order valence-electron chi connectivity index (χ1n) is 6.68. The van der Waals surface area contributed by atoms with Crippen molar-refractivity contribution >= 4 is 0 Å². The molecule has 2 aromatic rings. The fourth-order valence-electron chi connectivity index (χ4n) is 2.09. The zero-order chi connectivity index (χ0) is 16.4. The fourth-order valence-corrected chi connectivity index (χ4v) is 2.09. The topological polar surface area (TPSA) is 49.0 Å². The van der Waals surface area contributed by atoms with Crippen molar-refractivity contribution < 1.29 is 17.9 Å². The van der Waals surface area contributed by atoms with Crippen molar-refractivity contribution in [3.05, 3.63) is 45.9 Å². The Morgan fingerprint density at radius 3 is 2.55 bits per heavy atom. The molecule has 1 heterocycles. The van der Waals surface area contributed by atoms with E-state index in [1.807, 2.05) is 0 Å². The molecule has 1 aromatic heterocycles. The third-order valence-electron chi connectivity index (χ3n) is 3.13. The summed E-state index contributed by atoms with van der Waals surface area (Å²) in [5.41, 5.74) is -0.242. The molecule has 0 spiro atoms. The molecule has 0 aliphatic carbocycles. The monoisotopic (exact) mass is 315 g/mol. The first-order chi connectivity index (χ1) is 10.3. The first kappa shape index (κ1) is 16.1. The normalized spacial score (nSPS) is 11.5. The number of rotatable bonds is 5. The lowest BCUT2D eigenvalue weighted by Crippen LogP contribution is -2.27. The minimum atomic E-state index is -3.03. The fraction of sp³-hybridized carbons (Fsp3) is 0.429. The molecule has 22 heavy (non-hydrogen) atoms. The van der Waals surface area contributed by atoms with Crippen LogP contribution < -0.4 is 10.4 Å². The maximum absolute atomic E-state index is 13.4. The molecule has 0 saturated heterocycles. The Morgan fingerprint density at radius 1 is 1.32 bits per heavy atom. The van der Waals surface area contributed by atoms with E-state index < -0.39 is 12.4 Å². The SMILES string of the molecule is Cc1nn(C(C)C)c(=O)n1Cc1cc(F)ccc1OC(F)F. The van der Waals surface area contributed by atoms with Crippen molar-refractivity contribution in [2.24, 2.45) is 0 Å². The van der Waals surface area contributed by atoms with E-state index in [0.717, 1.165) is 18.2 Å². The van der Waals surface area contributed by atoms with E-state index in [2.05, 4.69) is 9.84 Å².